The van der Waals surface area contributed by atoms with Crippen molar-refractivity contribution in [2.24, 2.45) is 0 Å². The fourth-order valence-corrected chi connectivity index (χ4v) is 14.1. The van der Waals surface area contributed by atoms with Crippen LogP contribution in [0.15, 0.2) is 158 Å². The van der Waals surface area contributed by atoms with Crippen molar-refractivity contribution in [3.63, 3.8) is 0 Å². The average Bonchev–Trinajstić information content (AvgIpc) is 4.15. The Balaban J connectivity index is 1.13. The minimum Gasteiger partial charge on any atom is -0.310 e. The van der Waals surface area contributed by atoms with Gasteiger partial charge in [-0.3, -0.25) is 0 Å². The third kappa shape index (κ3) is 6.55. The summed E-state index contributed by atoms with van der Waals surface area (Å²) in [6.45, 7) is 28.4. The zero-order valence-electron chi connectivity index (χ0n) is 46.4. The normalized spacial score (nSPS) is 13.2. The number of benzene rings is 9. The summed E-state index contributed by atoms with van der Waals surface area (Å²) in [6, 6.07) is 62.2. The Morgan fingerprint density at radius 2 is 0.684 bits per heavy atom. The Morgan fingerprint density at radius 3 is 1.07 bits per heavy atom. The summed E-state index contributed by atoms with van der Waals surface area (Å²) in [6.07, 6.45) is 0. The molecule has 4 heteroatoms. The number of hydrogen-bond acceptors (Lipinski definition) is 0. The van der Waals surface area contributed by atoms with Crippen LogP contribution in [0.4, 0.5) is 0 Å². The van der Waals surface area contributed by atoms with Gasteiger partial charge in [-0.15, -0.1) is 0 Å². The Morgan fingerprint density at radius 1 is 0.316 bits per heavy atom. The second kappa shape index (κ2) is 17.0. The van der Waals surface area contributed by atoms with Crippen LogP contribution in [0.5, 0.6) is 0 Å². The highest BCUT2D eigenvalue weighted by Gasteiger charge is 2.41. The number of hydrogen-bond donors (Lipinski definition) is 0. The van der Waals surface area contributed by atoms with Crippen molar-refractivity contribution in [1.29, 1.82) is 0 Å². The molecule has 0 aliphatic carbocycles. The molecule has 0 radical (unpaired) electrons. The van der Waals surface area contributed by atoms with E-state index in [9.17, 15) is 0 Å². The lowest BCUT2D eigenvalue weighted by atomic mass is 9.34. The van der Waals surface area contributed by atoms with Gasteiger partial charge in [-0.05, 0) is 156 Å². The van der Waals surface area contributed by atoms with Crippen molar-refractivity contribution in [1.82, 2.24) is 13.7 Å². The smallest absolute Gasteiger partial charge is 0.252 e. The summed E-state index contributed by atoms with van der Waals surface area (Å²) in [5.41, 5.74) is 29.4. The lowest BCUT2D eigenvalue weighted by Crippen LogP contribution is -2.59. The van der Waals surface area contributed by atoms with E-state index in [1.807, 2.05) is 0 Å². The molecule has 12 aromatic rings. The SMILES string of the molecule is CC(C)c1cc(C(C)C)c(-c2ccc3c(c2)c2cc(-c4c(C(C)C)cc(C(C)C)cc4C(C)C)ccc2n3-c2cc3c4c(c2)-n2c5ccccc5c5cccc(c52)B4c2cccc4c5ccccc5n-3c24)c(C(C)C)c1. The first kappa shape index (κ1) is 46.9. The van der Waals surface area contributed by atoms with E-state index in [-0.39, 0.29) is 6.71 Å². The van der Waals surface area contributed by atoms with Gasteiger partial charge >= 0.3 is 0 Å². The van der Waals surface area contributed by atoms with Gasteiger partial charge in [0.15, 0.2) is 0 Å². The van der Waals surface area contributed by atoms with Crippen LogP contribution in [0.1, 0.15) is 152 Å². The molecule has 0 N–H and O–H groups in total. The molecule has 2 aliphatic heterocycles. The molecule has 14 rings (SSSR count). The Kier molecular flexibility index (Phi) is 10.5. The Hall–Kier alpha value is -7.56. The fraction of sp³-hybridized carbons (Fsp3) is 0.250. The standard InChI is InChI=1S/C72H68BN3/c1-39(2)47-33-54(41(5)6)68(55(34-47)42(7)8)45-27-29-64-58(31-45)59-32-46(69-56(43(9)10)35-48(40(3)4)36-57(69)44(11)12)28-30-65(59)74(64)49-37-66-70-67(38-49)76-63-26-16-14-20-51(63)53-22-18-24-61(72(53)76)73(70)60-23-17-21-52-50-19-13-15-25-62(50)75(66)71(52)60/h13-44H,1-12H3. The first-order valence-corrected chi connectivity index (χ1v) is 28.4. The van der Waals surface area contributed by atoms with Crippen molar-refractivity contribution >= 4 is 88.5 Å². The molecule has 0 atom stereocenters. The summed E-state index contributed by atoms with van der Waals surface area (Å²) in [5.74, 6) is 2.37. The van der Waals surface area contributed by atoms with E-state index in [0.717, 1.165) is 0 Å². The van der Waals surface area contributed by atoms with E-state index in [4.69, 9.17) is 0 Å². The van der Waals surface area contributed by atoms with E-state index in [1.165, 1.54) is 155 Å². The largest absolute Gasteiger partial charge is 0.310 e. The maximum atomic E-state index is 2.61. The number of fused-ring (bicyclic) bond motifs is 13. The quantitative estimate of drug-likeness (QED) is 0.128. The number of nitrogens with zero attached hydrogens (tertiary/aromatic N) is 3. The minimum absolute atomic E-state index is 0.0723. The maximum Gasteiger partial charge on any atom is 0.252 e. The van der Waals surface area contributed by atoms with Crippen LogP contribution in [0.3, 0.4) is 0 Å². The van der Waals surface area contributed by atoms with Gasteiger partial charge in [-0.25, -0.2) is 0 Å². The minimum atomic E-state index is 0.0723. The molecule has 0 saturated carbocycles. The predicted molar refractivity (Wildman–Crippen MR) is 330 cm³/mol. The Bertz CT molecular complexity index is 4090. The highest BCUT2D eigenvalue weighted by atomic mass is 15.1. The topological polar surface area (TPSA) is 14.8 Å². The van der Waals surface area contributed by atoms with Crippen LogP contribution in [0.25, 0.3) is 105 Å². The summed E-state index contributed by atoms with van der Waals surface area (Å²) in [7, 11) is 0. The summed E-state index contributed by atoms with van der Waals surface area (Å²) in [4.78, 5) is 0. The van der Waals surface area contributed by atoms with Gasteiger partial charge in [0.2, 0.25) is 0 Å². The molecule has 0 fully saturated rings. The zero-order chi connectivity index (χ0) is 52.3. The molecular weight excluding hydrogens is 918 g/mol. The van der Waals surface area contributed by atoms with Crippen LogP contribution in [-0.2, 0) is 0 Å². The van der Waals surface area contributed by atoms with Crippen LogP contribution < -0.4 is 16.4 Å². The summed E-state index contributed by atoms with van der Waals surface area (Å²) in [5, 5.41) is 7.78. The van der Waals surface area contributed by atoms with Crippen LogP contribution in [-0.4, -0.2) is 20.4 Å². The van der Waals surface area contributed by atoms with E-state index in [0.29, 0.717) is 35.5 Å². The predicted octanol–water partition coefficient (Wildman–Crippen LogP) is 18.2. The van der Waals surface area contributed by atoms with Crippen LogP contribution in [0, 0.1) is 0 Å². The third-order valence-electron chi connectivity index (χ3n) is 17.8. The van der Waals surface area contributed by atoms with Crippen molar-refractivity contribution in [2.75, 3.05) is 0 Å². The third-order valence-corrected chi connectivity index (χ3v) is 17.8. The average molecular weight is 986 g/mol. The lowest BCUT2D eigenvalue weighted by molar-refractivity contribution is 0.807. The maximum absolute atomic E-state index is 2.61. The molecule has 0 amide bonds. The molecule has 0 spiro atoms. The van der Waals surface area contributed by atoms with Crippen LogP contribution in [0.2, 0.25) is 0 Å². The fourth-order valence-electron chi connectivity index (χ4n) is 14.1. The summed E-state index contributed by atoms with van der Waals surface area (Å²) < 4.78 is 7.84. The first-order valence-electron chi connectivity index (χ1n) is 28.4. The van der Waals surface area contributed by atoms with Crippen LogP contribution >= 0.6 is 0 Å². The second-order valence-electron chi connectivity index (χ2n) is 24.4. The Labute approximate surface area is 448 Å². The monoisotopic (exact) mass is 986 g/mol. The number of rotatable bonds is 9. The molecule has 3 nitrogen and oxygen atoms in total. The molecule has 0 unspecified atom stereocenters. The molecule has 5 heterocycles. The van der Waals surface area contributed by atoms with Gasteiger partial charge in [0.1, 0.15) is 0 Å². The van der Waals surface area contributed by atoms with Gasteiger partial charge < -0.3 is 13.7 Å². The molecular formula is C72H68BN3. The molecule has 2 aliphatic rings. The number of para-hydroxylation sites is 4. The molecule has 76 heavy (non-hydrogen) atoms. The first-order chi connectivity index (χ1) is 36.7. The van der Waals surface area contributed by atoms with Gasteiger partial charge in [-0.1, -0.05) is 192 Å². The highest BCUT2D eigenvalue weighted by molar-refractivity contribution is 7.00. The molecule has 9 aromatic carbocycles. The van der Waals surface area contributed by atoms with Gasteiger partial charge in [-0.2, -0.15) is 0 Å². The van der Waals surface area contributed by atoms with E-state index >= 15 is 0 Å². The van der Waals surface area contributed by atoms with E-state index in [1.54, 1.807) is 0 Å². The van der Waals surface area contributed by atoms with Crippen molar-refractivity contribution in [2.45, 2.75) is 119 Å². The van der Waals surface area contributed by atoms with E-state index in [2.05, 4.69) is 255 Å². The second-order valence-corrected chi connectivity index (χ2v) is 24.4. The van der Waals surface area contributed by atoms with Crippen molar-refractivity contribution in [3.05, 3.63) is 191 Å². The summed E-state index contributed by atoms with van der Waals surface area (Å²) >= 11 is 0. The van der Waals surface area contributed by atoms with Gasteiger partial charge in [0, 0.05) is 54.7 Å². The molecule has 0 bridgehead atoms. The van der Waals surface area contributed by atoms with Gasteiger partial charge in [0.25, 0.3) is 6.71 Å². The van der Waals surface area contributed by atoms with E-state index < -0.39 is 0 Å². The zero-order valence-corrected chi connectivity index (χ0v) is 46.4. The molecule has 3 aromatic heterocycles. The highest BCUT2D eigenvalue weighted by Crippen LogP contribution is 2.47. The van der Waals surface area contributed by atoms with Crippen molar-refractivity contribution < 1.29 is 0 Å². The van der Waals surface area contributed by atoms with Crippen molar-refractivity contribution in [3.8, 4) is 39.3 Å². The van der Waals surface area contributed by atoms with Gasteiger partial charge in [0.05, 0.1) is 27.8 Å². The molecule has 374 valence electrons. The lowest BCUT2D eigenvalue weighted by Gasteiger charge is -2.34. The molecule has 0 saturated heterocycles. The number of aromatic nitrogens is 3.